The van der Waals surface area contributed by atoms with Crippen LogP contribution in [-0.2, 0) is 13.2 Å². The largest absolute Gasteiger partial charge is 0.497 e. The van der Waals surface area contributed by atoms with Gasteiger partial charge in [0.05, 0.1) is 7.11 Å². The molecule has 28 heavy (non-hydrogen) atoms. The molecule has 0 saturated heterocycles. The summed E-state index contributed by atoms with van der Waals surface area (Å²) in [7, 11) is 3.22. The van der Waals surface area contributed by atoms with E-state index in [0.29, 0.717) is 12.3 Å². The molecule has 0 atom stereocenters. The van der Waals surface area contributed by atoms with Gasteiger partial charge in [0.15, 0.2) is 23.1 Å². The van der Waals surface area contributed by atoms with Crippen LogP contribution in [0.2, 0.25) is 0 Å². The summed E-state index contributed by atoms with van der Waals surface area (Å²) >= 11 is 0. The summed E-state index contributed by atoms with van der Waals surface area (Å²) < 4.78 is 41.7. The van der Waals surface area contributed by atoms with Crippen LogP contribution in [0.25, 0.3) is 0 Å². The Hall–Kier alpha value is -3.42. The molecule has 0 unspecified atom stereocenters. The molecule has 0 spiro atoms. The first kappa shape index (κ1) is 19.3. The molecule has 1 heterocycles. The van der Waals surface area contributed by atoms with E-state index in [1.54, 1.807) is 14.2 Å². The summed E-state index contributed by atoms with van der Waals surface area (Å²) in [6.07, 6.45) is 0. The zero-order valence-corrected chi connectivity index (χ0v) is 15.3. The van der Waals surface area contributed by atoms with Crippen LogP contribution in [-0.4, -0.2) is 30.1 Å². The number of methoxy groups -OCH3 is 1. The summed E-state index contributed by atoms with van der Waals surface area (Å²) in [5.41, 5.74) is 1.02. The van der Waals surface area contributed by atoms with E-state index in [4.69, 9.17) is 14.0 Å². The van der Waals surface area contributed by atoms with E-state index in [9.17, 15) is 13.6 Å². The summed E-state index contributed by atoms with van der Waals surface area (Å²) in [6, 6.07) is 12.0. The minimum atomic E-state index is -1.01. The summed E-state index contributed by atoms with van der Waals surface area (Å²) in [5, 5.41) is 3.75. The predicted molar refractivity (Wildman–Crippen MR) is 96.0 cm³/mol. The highest BCUT2D eigenvalue weighted by atomic mass is 19.2. The van der Waals surface area contributed by atoms with Crippen molar-refractivity contribution in [2.75, 3.05) is 14.2 Å². The van der Waals surface area contributed by atoms with E-state index in [-0.39, 0.29) is 29.7 Å². The average molecular weight is 388 g/mol. The van der Waals surface area contributed by atoms with Gasteiger partial charge in [0, 0.05) is 25.7 Å². The van der Waals surface area contributed by atoms with E-state index >= 15 is 0 Å². The SMILES string of the molecule is COc1cccc(CN(C)C(=O)c2cc(COc3ccc(F)c(F)c3)on2)c1. The first-order valence-electron chi connectivity index (χ1n) is 8.38. The number of hydrogen-bond donors (Lipinski definition) is 0. The standard InChI is InChI=1S/C20H18F2N2O4/c1-24(11-13-4-3-5-14(8-13)26-2)20(25)19-10-16(28-23-19)12-27-15-6-7-17(21)18(22)9-15/h3-10H,11-12H2,1-2H3. The molecule has 146 valence electrons. The number of ether oxygens (including phenoxy) is 2. The van der Waals surface area contributed by atoms with Gasteiger partial charge in [-0.1, -0.05) is 17.3 Å². The Morgan fingerprint density at radius 2 is 1.93 bits per heavy atom. The van der Waals surface area contributed by atoms with Crippen LogP contribution in [0, 0.1) is 11.6 Å². The molecule has 1 aromatic heterocycles. The monoisotopic (exact) mass is 388 g/mol. The molecule has 3 rings (SSSR count). The lowest BCUT2D eigenvalue weighted by atomic mass is 10.2. The molecule has 3 aromatic rings. The molecular weight excluding hydrogens is 370 g/mol. The van der Waals surface area contributed by atoms with Gasteiger partial charge in [-0.05, 0) is 29.8 Å². The third-order valence-electron chi connectivity index (χ3n) is 3.95. The van der Waals surface area contributed by atoms with E-state index in [0.717, 1.165) is 17.7 Å². The maximum Gasteiger partial charge on any atom is 0.276 e. The number of benzene rings is 2. The van der Waals surface area contributed by atoms with Crippen LogP contribution in [0.4, 0.5) is 8.78 Å². The fourth-order valence-corrected chi connectivity index (χ4v) is 2.51. The van der Waals surface area contributed by atoms with Gasteiger partial charge >= 0.3 is 0 Å². The van der Waals surface area contributed by atoms with Crippen molar-refractivity contribution in [2.24, 2.45) is 0 Å². The minimum Gasteiger partial charge on any atom is -0.497 e. The Balaban J connectivity index is 1.60. The fourth-order valence-electron chi connectivity index (χ4n) is 2.51. The van der Waals surface area contributed by atoms with Crippen molar-refractivity contribution in [3.05, 3.63) is 77.2 Å². The topological polar surface area (TPSA) is 64.8 Å². The van der Waals surface area contributed by atoms with Crippen molar-refractivity contribution in [1.82, 2.24) is 10.1 Å². The van der Waals surface area contributed by atoms with Crippen molar-refractivity contribution >= 4 is 5.91 Å². The molecule has 0 aliphatic rings. The van der Waals surface area contributed by atoms with Crippen LogP contribution in [0.3, 0.4) is 0 Å². The summed E-state index contributed by atoms with van der Waals surface area (Å²) in [5.74, 6) is -1.17. The number of rotatable bonds is 7. The van der Waals surface area contributed by atoms with Gasteiger partial charge in [0.25, 0.3) is 5.91 Å². The predicted octanol–water partition coefficient (Wildman–Crippen LogP) is 3.81. The van der Waals surface area contributed by atoms with Crippen LogP contribution in [0.15, 0.2) is 53.1 Å². The second kappa shape index (κ2) is 8.51. The van der Waals surface area contributed by atoms with Crippen LogP contribution in [0.5, 0.6) is 11.5 Å². The number of nitrogens with zero attached hydrogens (tertiary/aromatic N) is 2. The molecule has 0 bridgehead atoms. The van der Waals surface area contributed by atoms with Crippen molar-refractivity contribution in [1.29, 1.82) is 0 Å². The third kappa shape index (κ3) is 4.64. The van der Waals surface area contributed by atoms with Crippen molar-refractivity contribution in [3.8, 4) is 11.5 Å². The summed E-state index contributed by atoms with van der Waals surface area (Å²) in [4.78, 5) is 14.0. The van der Waals surface area contributed by atoms with E-state index in [2.05, 4.69) is 5.16 Å². The van der Waals surface area contributed by atoms with Gasteiger partial charge < -0.3 is 18.9 Å². The number of hydrogen-bond acceptors (Lipinski definition) is 5. The van der Waals surface area contributed by atoms with Crippen LogP contribution >= 0.6 is 0 Å². The molecule has 8 heteroatoms. The number of carbonyl (C=O) groups excluding carboxylic acids is 1. The zero-order valence-electron chi connectivity index (χ0n) is 15.3. The summed E-state index contributed by atoms with van der Waals surface area (Å²) in [6.45, 7) is 0.286. The van der Waals surface area contributed by atoms with Gasteiger partial charge in [-0.25, -0.2) is 8.78 Å². The van der Waals surface area contributed by atoms with Gasteiger partial charge in [-0.2, -0.15) is 0 Å². The highest BCUT2D eigenvalue weighted by molar-refractivity contribution is 5.92. The first-order valence-corrected chi connectivity index (χ1v) is 8.38. The molecular formula is C20H18F2N2O4. The Morgan fingerprint density at radius 1 is 1.11 bits per heavy atom. The molecule has 0 N–H and O–H groups in total. The lowest BCUT2D eigenvalue weighted by molar-refractivity contribution is 0.0774. The van der Waals surface area contributed by atoms with Crippen molar-refractivity contribution < 1.29 is 27.6 Å². The first-order chi connectivity index (χ1) is 13.5. The van der Waals surface area contributed by atoms with Gasteiger partial charge in [0.2, 0.25) is 0 Å². The maximum atomic E-state index is 13.2. The smallest absolute Gasteiger partial charge is 0.276 e. The van der Waals surface area contributed by atoms with E-state index in [1.807, 2.05) is 24.3 Å². The zero-order chi connectivity index (χ0) is 20.1. The van der Waals surface area contributed by atoms with E-state index in [1.165, 1.54) is 17.0 Å². The number of aromatic nitrogens is 1. The molecule has 0 radical (unpaired) electrons. The number of amides is 1. The van der Waals surface area contributed by atoms with Crippen LogP contribution in [0.1, 0.15) is 21.8 Å². The van der Waals surface area contributed by atoms with Crippen molar-refractivity contribution in [3.63, 3.8) is 0 Å². The molecule has 0 aliphatic carbocycles. The van der Waals surface area contributed by atoms with E-state index < -0.39 is 11.6 Å². The molecule has 0 fully saturated rings. The quantitative estimate of drug-likeness (QED) is 0.616. The molecule has 2 aromatic carbocycles. The Labute approximate surface area is 160 Å². The van der Waals surface area contributed by atoms with Gasteiger partial charge in [-0.3, -0.25) is 4.79 Å². The molecule has 0 aliphatic heterocycles. The van der Waals surface area contributed by atoms with Gasteiger partial charge in [0.1, 0.15) is 18.1 Å². The van der Waals surface area contributed by atoms with Crippen molar-refractivity contribution in [2.45, 2.75) is 13.2 Å². The Kier molecular flexibility index (Phi) is 5.88. The fraction of sp³-hybridized carbons (Fsp3) is 0.200. The number of carbonyl (C=O) groups is 1. The lowest BCUT2D eigenvalue weighted by Gasteiger charge is -2.16. The maximum absolute atomic E-state index is 13.2. The average Bonchev–Trinajstić information content (AvgIpc) is 3.17. The molecule has 1 amide bonds. The van der Waals surface area contributed by atoms with Gasteiger partial charge in [-0.15, -0.1) is 0 Å². The molecule has 6 nitrogen and oxygen atoms in total. The number of halogens is 2. The second-order valence-electron chi connectivity index (χ2n) is 6.06. The van der Waals surface area contributed by atoms with Crippen LogP contribution < -0.4 is 9.47 Å². The second-order valence-corrected chi connectivity index (χ2v) is 6.06. The normalized spacial score (nSPS) is 10.6. The third-order valence-corrected chi connectivity index (χ3v) is 3.95. The minimum absolute atomic E-state index is 0.0784. The Morgan fingerprint density at radius 3 is 2.68 bits per heavy atom. The highest BCUT2D eigenvalue weighted by Gasteiger charge is 2.18. The Bertz CT molecular complexity index is 974. The molecule has 0 saturated carbocycles. The lowest BCUT2D eigenvalue weighted by Crippen LogP contribution is -2.26. The highest BCUT2D eigenvalue weighted by Crippen LogP contribution is 2.18.